The van der Waals surface area contributed by atoms with E-state index in [2.05, 4.69) is 21.8 Å². The minimum absolute atomic E-state index is 0.0913. The maximum atomic E-state index is 12.3. The summed E-state index contributed by atoms with van der Waals surface area (Å²) in [7, 11) is 2.11. The Morgan fingerprint density at radius 3 is 2.62 bits per heavy atom. The van der Waals surface area contributed by atoms with Gasteiger partial charge in [0.25, 0.3) is 5.91 Å². The monoisotopic (exact) mass is 345 g/mol. The second kappa shape index (κ2) is 7.40. The molecule has 0 bridgehead atoms. The van der Waals surface area contributed by atoms with Crippen LogP contribution in [0.4, 0.5) is 0 Å². The molecule has 1 aromatic carbocycles. The molecule has 0 unspecified atom stereocenters. The molecule has 128 valence electrons. The van der Waals surface area contributed by atoms with E-state index in [0.717, 1.165) is 42.7 Å². The average molecular weight is 345 g/mol. The number of carbonyl (C=O) groups excluding carboxylic acids is 1. The van der Waals surface area contributed by atoms with Crippen LogP contribution in [0.3, 0.4) is 0 Å². The van der Waals surface area contributed by atoms with E-state index in [1.54, 1.807) is 0 Å². The van der Waals surface area contributed by atoms with Crippen LogP contribution >= 0.6 is 11.8 Å². The fraction of sp³-hybridized carbons (Fsp3) is 0.444. The second-order valence-electron chi connectivity index (χ2n) is 6.30. The summed E-state index contributed by atoms with van der Waals surface area (Å²) in [5.41, 5.74) is 0.914. The van der Waals surface area contributed by atoms with E-state index in [1.165, 1.54) is 11.8 Å². The van der Waals surface area contributed by atoms with Gasteiger partial charge in [0.15, 0.2) is 5.17 Å². The largest absolute Gasteiger partial charge is 0.490 e. The molecule has 2 heterocycles. The van der Waals surface area contributed by atoms with Crippen molar-refractivity contribution in [2.24, 2.45) is 4.99 Å². The molecule has 0 N–H and O–H groups in total. The van der Waals surface area contributed by atoms with Crippen molar-refractivity contribution in [1.29, 1.82) is 0 Å². The van der Waals surface area contributed by atoms with E-state index in [4.69, 9.17) is 4.74 Å². The van der Waals surface area contributed by atoms with Crippen molar-refractivity contribution in [3.05, 3.63) is 34.7 Å². The van der Waals surface area contributed by atoms with Gasteiger partial charge < -0.3 is 14.5 Å². The van der Waals surface area contributed by atoms with Crippen molar-refractivity contribution in [3.8, 4) is 5.75 Å². The van der Waals surface area contributed by atoms with Crippen molar-refractivity contribution < 1.29 is 9.53 Å². The summed E-state index contributed by atoms with van der Waals surface area (Å²) in [6.45, 7) is 7.81. The smallest absolute Gasteiger partial charge is 0.286 e. The maximum absolute atomic E-state index is 12.3. The third-order valence-electron chi connectivity index (χ3n) is 3.95. The van der Waals surface area contributed by atoms with Crippen LogP contribution in [0.25, 0.3) is 6.08 Å². The summed E-state index contributed by atoms with van der Waals surface area (Å²) in [5.74, 6) is 0.634. The molecule has 0 aromatic heterocycles. The Kier molecular flexibility index (Phi) is 5.26. The normalized spacial score (nSPS) is 20.8. The highest BCUT2D eigenvalue weighted by molar-refractivity contribution is 8.18. The molecule has 1 aromatic rings. The predicted octanol–water partition coefficient (Wildman–Crippen LogP) is 2.69. The number of aliphatic imine (C=N–C) groups is 1. The lowest BCUT2D eigenvalue weighted by atomic mass is 10.2. The third-order valence-corrected chi connectivity index (χ3v) is 5.00. The molecule has 24 heavy (non-hydrogen) atoms. The Morgan fingerprint density at radius 1 is 1.21 bits per heavy atom. The summed E-state index contributed by atoms with van der Waals surface area (Å²) in [6.07, 6.45) is 1.98. The standard InChI is InChI=1S/C18H23N3O2S/c1-13(2)23-15-7-5-4-6-14(15)12-16-17(22)19-18(24-16)21-10-8-20(3)9-11-21/h4-7,12-13H,8-11H2,1-3H3/b16-12+. The lowest BCUT2D eigenvalue weighted by molar-refractivity contribution is -0.113. The molecule has 0 aliphatic carbocycles. The van der Waals surface area contributed by atoms with Gasteiger partial charge in [-0.15, -0.1) is 0 Å². The number of hydrogen-bond donors (Lipinski definition) is 0. The number of rotatable bonds is 3. The zero-order chi connectivity index (χ0) is 17.1. The molecule has 2 aliphatic rings. The number of hydrogen-bond acceptors (Lipinski definition) is 5. The highest BCUT2D eigenvalue weighted by atomic mass is 32.2. The van der Waals surface area contributed by atoms with Crippen LogP contribution in [0, 0.1) is 0 Å². The first kappa shape index (κ1) is 17.0. The minimum Gasteiger partial charge on any atom is -0.490 e. The Balaban J connectivity index is 1.75. The number of amides is 1. The summed E-state index contributed by atoms with van der Waals surface area (Å²) in [6, 6.07) is 7.78. The summed E-state index contributed by atoms with van der Waals surface area (Å²) in [5, 5.41) is 0.821. The van der Waals surface area contributed by atoms with E-state index in [-0.39, 0.29) is 12.0 Å². The molecular weight excluding hydrogens is 322 g/mol. The zero-order valence-corrected chi connectivity index (χ0v) is 15.2. The fourth-order valence-electron chi connectivity index (χ4n) is 2.63. The topological polar surface area (TPSA) is 45.1 Å². The molecule has 0 atom stereocenters. The first-order chi connectivity index (χ1) is 11.5. The molecular formula is C18H23N3O2S. The van der Waals surface area contributed by atoms with Crippen molar-refractivity contribution in [1.82, 2.24) is 9.80 Å². The summed E-state index contributed by atoms with van der Waals surface area (Å²) in [4.78, 5) is 21.7. The Hall–Kier alpha value is -1.79. The molecule has 3 rings (SSSR count). The number of carbonyl (C=O) groups is 1. The van der Waals surface area contributed by atoms with Gasteiger partial charge in [-0.3, -0.25) is 4.79 Å². The van der Waals surface area contributed by atoms with Gasteiger partial charge >= 0.3 is 0 Å². The van der Waals surface area contributed by atoms with Gasteiger partial charge in [-0.25, -0.2) is 0 Å². The molecule has 1 fully saturated rings. The zero-order valence-electron chi connectivity index (χ0n) is 14.4. The van der Waals surface area contributed by atoms with E-state index in [1.807, 2.05) is 44.2 Å². The summed E-state index contributed by atoms with van der Waals surface area (Å²) >= 11 is 1.46. The van der Waals surface area contributed by atoms with Gasteiger partial charge in [-0.05, 0) is 44.8 Å². The molecule has 1 amide bonds. The third kappa shape index (κ3) is 3.99. The van der Waals surface area contributed by atoms with Gasteiger partial charge in [0.1, 0.15) is 5.75 Å². The van der Waals surface area contributed by atoms with E-state index < -0.39 is 0 Å². The molecule has 0 saturated carbocycles. The first-order valence-electron chi connectivity index (χ1n) is 8.24. The van der Waals surface area contributed by atoms with Crippen LogP contribution < -0.4 is 4.74 Å². The molecule has 0 radical (unpaired) electrons. The lowest BCUT2D eigenvalue weighted by Gasteiger charge is -2.32. The fourth-order valence-corrected chi connectivity index (χ4v) is 3.59. The number of thioether (sulfide) groups is 1. The predicted molar refractivity (Wildman–Crippen MR) is 99.3 cm³/mol. The number of amidine groups is 1. The van der Waals surface area contributed by atoms with E-state index in [0.29, 0.717) is 4.91 Å². The van der Waals surface area contributed by atoms with Gasteiger partial charge in [0, 0.05) is 31.7 Å². The molecule has 2 aliphatic heterocycles. The Morgan fingerprint density at radius 2 is 1.92 bits per heavy atom. The van der Waals surface area contributed by atoms with Crippen LogP contribution in [0.2, 0.25) is 0 Å². The highest BCUT2D eigenvalue weighted by Gasteiger charge is 2.28. The number of ether oxygens (including phenoxy) is 1. The molecule has 0 spiro atoms. The van der Waals surface area contributed by atoms with Crippen LogP contribution in [0.5, 0.6) is 5.75 Å². The van der Waals surface area contributed by atoms with Gasteiger partial charge in [-0.2, -0.15) is 4.99 Å². The maximum Gasteiger partial charge on any atom is 0.286 e. The Bertz CT molecular complexity index is 677. The quantitative estimate of drug-likeness (QED) is 0.788. The molecule has 5 nitrogen and oxygen atoms in total. The summed E-state index contributed by atoms with van der Waals surface area (Å²) < 4.78 is 5.83. The van der Waals surface area contributed by atoms with Crippen molar-refractivity contribution in [2.45, 2.75) is 20.0 Å². The van der Waals surface area contributed by atoms with Crippen molar-refractivity contribution in [2.75, 3.05) is 33.2 Å². The van der Waals surface area contributed by atoms with E-state index >= 15 is 0 Å². The highest BCUT2D eigenvalue weighted by Crippen LogP contribution is 2.32. The van der Waals surface area contributed by atoms with E-state index in [9.17, 15) is 4.79 Å². The Labute approximate surface area is 147 Å². The number of benzene rings is 1. The average Bonchev–Trinajstić information content (AvgIpc) is 2.90. The van der Waals surface area contributed by atoms with Gasteiger partial charge in [-0.1, -0.05) is 18.2 Å². The number of para-hydroxylation sites is 1. The van der Waals surface area contributed by atoms with Crippen LogP contribution in [-0.2, 0) is 4.79 Å². The van der Waals surface area contributed by atoms with Crippen LogP contribution in [0.1, 0.15) is 19.4 Å². The number of nitrogens with zero attached hydrogens (tertiary/aromatic N) is 3. The van der Waals surface area contributed by atoms with Gasteiger partial charge in [0.2, 0.25) is 0 Å². The van der Waals surface area contributed by atoms with Crippen LogP contribution in [0.15, 0.2) is 34.2 Å². The number of piperazine rings is 1. The second-order valence-corrected chi connectivity index (χ2v) is 7.31. The lowest BCUT2D eigenvalue weighted by Crippen LogP contribution is -2.46. The number of likely N-dealkylation sites (N-methyl/N-ethyl adjacent to an activating group) is 1. The minimum atomic E-state index is -0.159. The molecule has 6 heteroatoms. The SMILES string of the molecule is CC(C)Oc1ccccc1/C=C1/SC(N2CCN(C)CC2)=NC1=O. The van der Waals surface area contributed by atoms with Gasteiger partial charge in [0.05, 0.1) is 11.0 Å². The first-order valence-corrected chi connectivity index (χ1v) is 9.06. The van der Waals surface area contributed by atoms with Crippen LogP contribution in [-0.4, -0.2) is 60.2 Å². The van der Waals surface area contributed by atoms with Crippen molar-refractivity contribution >= 4 is 28.9 Å². The van der Waals surface area contributed by atoms with Crippen molar-refractivity contribution in [3.63, 3.8) is 0 Å². The molecule has 1 saturated heterocycles.